The average Bonchev–Trinajstić information content (AvgIpc) is 3.30. The van der Waals surface area contributed by atoms with E-state index in [1.807, 2.05) is 25.2 Å². The Kier molecular flexibility index (Phi) is 4.99. The Hall–Kier alpha value is -2.60. The van der Waals surface area contributed by atoms with Crippen molar-refractivity contribution in [2.24, 2.45) is 5.92 Å². The standard InChI is InChI=1S/C21H26N4O2/c1-15-7-8-18-19(11-15)23-20(22-18)14-24(2)21(26)16-5-3-9-25(12-16)13-17-6-4-10-27-17/h4,6-8,10-11,16H,3,5,9,12-14H2,1-2H3,(H,22,23)/t16-/m0/s1. The Labute approximate surface area is 159 Å². The smallest absolute Gasteiger partial charge is 0.227 e. The van der Waals surface area contributed by atoms with Crippen molar-refractivity contribution in [3.8, 4) is 0 Å². The lowest BCUT2D eigenvalue weighted by molar-refractivity contribution is -0.136. The normalized spacial score (nSPS) is 18.1. The molecule has 0 bridgehead atoms. The van der Waals surface area contributed by atoms with Crippen LogP contribution in [0.15, 0.2) is 41.0 Å². The van der Waals surface area contributed by atoms with Gasteiger partial charge in [-0.15, -0.1) is 0 Å². The minimum Gasteiger partial charge on any atom is -0.468 e. The summed E-state index contributed by atoms with van der Waals surface area (Å²) in [6.45, 7) is 5.12. The zero-order valence-corrected chi connectivity index (χ0v) is 15.9. The molecule has 1 amide bonds. The van der Waals surface area contributed by atoms with Gasteiger partial charge in [0.05, 0.1) is 36.3 Å². The molecule has 1 N–H and O–H groups in total. The van der Waals surface area contributed by atoms with E-state index in [4.69, 9.17) is 4.42 Å². The molecule has 0 spiro atoms. The van der Waals surface area contributed by atoms with E-state index >= 15 is 0 Å². The van der Waals surface area contributed by atoms with Crippen LogP contribution in [-0.4, -0.2) is 45.8 Å². The van der Waals surface area contributed by atoms with Crippen molar-refractivity contribution < 1.29 is 9.21 Å². The van der Waals surface area contributed by atoms with Crippen molar-refractivity contribution in [3.63, 3.8) is 0 Å². The van der Waals surface area contributed by atoms with Crippen LogP contribution in [0, 0.1) is 12.8 Å². The van der Waals surface area contributed by atoms with E-state index in [1.165, 1.54) is 5.56 Å². The predicted octanol–water partition coefficient (Wildman–Crippen LogP) is 3.33. The van der Waals surface area contributed by atoms with Gasteiger partial charge in [-0.1, -0.05) is 6.07 Å². The molecule has 4 rings (SSSR count). The number of carbonyl (C=O) groups is 1. The Balaban J connectivity index is 1.38. The Bertz CT molecular complexity index is 916. The highest BCUT2D eigenvalue weighted by molar-refractivity contribution is 5.79. The lowest BCUT2D eigenvalue weighted by atomic mass is 9.96. The monoisotopic (exact) mass is 366 g/mol. The van der Waals surface area contributed by atoms with Gasteiger partial charge in [-0.2, -0.15) is 0 Å². The molecule has 1 fully saturated rings. The number of benzene rings is 1. The second-order valence-corrected chi connectivity index (χ2v) is 7.55. The number of imidazole rings is 1. The van der Waals surface area contributed by atoms with Crippen LogP contribution in [0.3, 0.4) is 0 Å². The molecule has 3 heterocycles. The summed E-state index contributed by atoms with van der Waals surface area (Å²) >= 11 is 0. The van der Waals surface area contributed by atoms with Crippen LogP contribution in [0.25, 0.3) is 11.0 Å². The molecule has 3 aromatic rings. The van der Waals surface area contributed by atoms with Gasteiger partial charge in [-0.3, -0.25) is 9.69 Å². The molecule has 1 saturated heterocycles. The number of hydrogen-bond acceptors (Lipinski definition) is 4. The zero-order chi connectivity index (χ0) is 18.8. The van der Waals surface area contributed by atoms with Gasteiger partial charge < -0.3 is 14.3 Å². The van der Waals surface area contributed by atoms with Gasteiger partial charge in [0.1, 0.15) is 11.6 Å². The molecule has 1 aliphatic heterocycles. The number of fused-ring (bicyclic) bond motifs is 1. The van der Waals surface area contributed by atoms with Crippen LogP contribution in [-0.2, 0) is 17.9 Å². The highest BCUT2D eigenvalue weighted by atomic mass is 16.3. The molecule has 1 aromatic carbocycles. The summed E-state index contributed by atoms with van der Waals surface area (Å²) < 4.78 is 5.45. The van der Waals surface area contributed by atoms with E-state index in [2.05, 4.69) is 33.9 Å². The number of hydrogen-bond donors (Lipinski definition) is 1. The summed E-state index contributed by atoms with van der Waals surface area (Å²) in [6.07, 6.45) is 3.68. The SMILES string of the molecule is Cc1ccc2nc(CN(C)C(=O)[C@H]3CCCN(Cc4ccco4)C3)[nH]c2c1. The lowest BCUT2D eigenvalue weighted by Crippen LogP contribution is -2.43. The van der Waals surface area contributed by atoms with E-state index in [0.29, 0.717) is 6.54 Å². The summed E-state index contributed by atoms with van der Waals surface area (Å²) in [6, 6.07) is 10.0. The van der Waals surface area contributed by atoms with Crippen molar-refractivity contribution in [2.75, 3.05) is 20.1 Å². The van der Waals surface area contributed by atoms with E-state index < -0.39 is 0 Å². The summed E-state index contributed by atoms with van der Waals surface area (Å²) in [5.41, 5.74) is 3.16. The lowest BCUT2D eigenvalue weighted by Gasteiger charge is -2.33. The number of rotatable bonds is 5. The molecule has 2 aromatic heterocycles. The van der Waals surface area contributed by atoms with Crippen LogP contribution >= 0.6 is 0 Å². The number of aromatic amines is 1. The van der Waals surface area contributed by atoms with Crippen LogP contribution in [0.2, 0.25) is 0 Å². The highest BCUT2D eigenvalue weighted by Crippen LogP contribution is 2.21. The van der Waals surface area contributed by atoms with Crippen LogP contribution in [0.1, 0.15) is 30.0 Å². The van der Waals surface area contributed by atoms with Crippen molar-refractivity contribution in [2.45, 2.75) is 32.9 Å². The summed E-state index contributed by atoms with van der Waals surface area (Å²) in [4.78, 5) is 25.0. The number of aryl methyl sites for hydroxylation is 1. The van der Waals surface area contributed by atoms with Gasteiger partial charge in [-0.05, 0) is 56.1 Å². The van der Waals surface area contributed by atoms with Gasteiger partial charge in [0, 0.05) is 13.6 Å². The third-order valence-corrected chi connectivity index (χ3v) is 5.26. The third kappa shape index (κ3) is 4.06. The van der Waals surface area contributed by atoms with E-state index in [-0.39, 0.29) is 11.8 Å². The first-order chi connectivity index (χ1) is 13.1. The number of furan rings is 1. The first kappa shape index (κ1) is 17.8. The van der Waals surface area contributed by atoms with Gasteiger partial charge in [0.2, 0.25) is 5.91 Å². The van der Waals surface area contributed by atoms with Crippen molar-refractivity contribution in [3.05, 3.63) is 53.7 Å². The second-order valence-electron chi connectivity index (χ2n) is 7.55. The van der Waals surface area contributed by atoms with E-state index in [0.717, 1.165) is 55.1 Å². The predicted molar refractivity (Wildman–Crippen MR) is 104 cm³/mol. The minimum absolute atomic E-state index is 0.0327. The molecule has 1 aliphatic rings. The van der Waals surface area contributed by atoms with Crippen molar-refractivity contribution in [1.29, 1.82) is 0 Å². The molecular weight excluding hydrogens is 340 g/mol. The maximum absolute atomic E-state index is 13.0. The number of carbonyl (C=O) groups excluding carboxylic acids is 1. The molecule has 6 nitrogen and oxygen atoms in total. The number of amides is 1. The fraction of sp³-hybridized carbons (Fsp3) is 0.429. The first-order valence-corrected chi connectivity index (χ1v) is 9.53. The quantitative estimate of drug-likeness (QED) is 0.752. The van der Waals surface area contributed by atoms with Crippen molar-refractivity contribution in [1.82, 2.24) is 19.8 Å². The van der Waals surface area contributed by atoms with Gasteiger partial charge in [0.25, 0.3) is 0 Å². The third-order valence-electron chi connectivity index (χ3n) is 5.26. The average molecular weight is 366 g/mol. The van der Waals surface area contributed by atoms with Crippen LogP contribution in [0.4, 0.5) is 0 Å². The van der Waals surface area contributed by atoms with Gasteiger partial charge >= 0.3 is 0 Å². The fourth-order valence-electron chi connectivity index (χ4n) is 3.89. The molecule has 0 saturated carbocycles. The number of nitrogens with zero attached hydrogens (tertiary/aromatic N) is 3. The molecule has 6 heteroatoms. The molecule has 0 aliphatic carbocycles. The largest absolute Gasteiger partial charge is 0.468 e. The summed E-state index contributed by atoms with van der Waals surface area (Å²) in [5.74, 6) is 2.00. The number of aromatic nitrogens is 2. The van der Waals surface area contributed by atoms with E-state index in [1.54, 1.807) is 11.2 Å². The Morgan fingerprint density at radius 1 is 1.41 bits per heavy atom. The van der Waals surface area contributed by atoms with Crippen LogP contribution < -0.4 is 0 Å². The topological polar surface area (TPSA) is 65.4 Å². The fourth-order valence-corrected chi connectivity index (χ4v) is 3.89. The number of likely N-dealkylation sites (tertiary alicyclic amines) is 1. The van der Waals surface area contributed by atoms with Gasteiger partial charge in [0.15, 0.2) is 0 Å². The van der Waals surface area contributed by atoms with Crippen LogP contribution in [0.5, 0.6) is 0 Å². The molecule has 1 atom stereocenters. The highest BCUT2D eigenvalue weighted by Gasteiger charge is 2.28. The molecular formula is C21H26N4O2. The van der Waals surface area contributed by atoms with Gasteiger partial charge in [-0.25, -0.2) is 4.98 Å². The minimum atomic E-state index is 0.0327. The molecule has 27 heavy (non-hydrogen) atoms. The maximum atomic E-state index is 13.0. The zero-order valence-electron chi connectivity index (χ0n) is 15.9. The summed E-state index contributed by atoms with van der Waals surface area (Å²) in [5, 5.41) is 0. The maximum Gasteiger partial charge on any atom is 0.227 e. The summed E-state index contributed by atoms with van der Waals surface area (Å²) in [7, 11) is 1.87. The second kappa shape index (κ2) is 7.56. The Morgan fingerprint density at radius 2 is 2.30 bits per heavy atom. The Morgan fingerprint density at radius 3 is 3.11 bits per heavy atom. The molecule has 0 unspecified atom stereocenters. The van der Waals surface area contributed by atoms with Crippen molar-refractivity contribution >= 4 is 16.9 Å². The van der Waals surface area contributed by atoms with E-state index in [9.17, 15) is 4.79 Å². The first-order valence-electron chi connectivity index (χ1n) is 9.53. The number of H-pyrrole nitrogens is 1. The number of piperidine rings is 1. The molecule has 142 valence electrons. The number of nitrogens with one attached hydrogen (secondary N) is 1. The molecule has 0 radical (unpaired) electrons.